The third kappa shape index (κ3) is 3.60. The molecule has 0 aliphatic rings. The van der Waals surface area contributed by atoms with Crippen LogP contribution in [0.2, 0.25) is 0 Å². The van der Waals surface area contributed by atoms with Crippen LogP contribution >= 0.6 is 0 Å². The number of hydrogen-bond acceptors (Lipinski definition) is 3. The van der Waals surface area contributed by atoms with E-state index in [0.29, 0.717) is 0 Å². The summed E-state index contributed by atoms with van der Waals surface area (Å²) in [6, 6.07) is 17.9. The Bertz CT molecular complexity index is 880. The molecule has 1 aromatic heterocycles. The molecule has 3 aromatic rings. The van der Waals surface area contributed by atoms with Crippen LogP contribution in [0.3, 0.4) is 0 Å². The number of nitrogens with zero attached hydrogens (tertiary/aromatic N) is 2. The first-order chi connectivity index (χ1) is 11.6. The second kappa shape index (κ2) is 6.96. The number of para-hydroxylation sites is 1. The van der Waals surface area contributed by atoms with Gasteiger partial charge in [0.15, 0.2) is 0 Å². The van der Waals surface area contributed by atoms with Crippen LogP contribution in [0.4, 0.5) is 5.69 Å². The molecular formula is C20H18N2O2. The highest BCUT2D eigenvalue weighted by atomic mass is 16.4. The molecule has 0 saturated heterocycles. The zero-order chi connectivity index (χ0) is 16.9. The zero-order valence-electron chi connectivity index (χ0n) is 13.4. The Balaban J connectivity index is 1.80. The van der Waals surface area contributed by atoms with Gasteiger partial charge >= 0.3 is 5.97 Å². The summed E-state index contributed by atoms with van der Waals surface area (Å²) in [5.74, 6) is -0.842. The van der Waals surface area contributed by atoms with Gasteiger partial charge in [-0.15, -0.1) is 0 Å². The lowest BCUT2D eigenvalue weighted by Crippen LogP contribution is -2.24. The first kappa shape index (κ1) is 15.7. The van der Waals surface area contributed by atoms with Crippen LogP contribution in [0.15, 0.2) is 60.8 Å². The monoisotopic (exact) mass is 318 g/mol. The van der Waals surface area contributed by atoms with Crippen molar-refractivity contribution >= 4 is 34.7 Å². The standard InChI is InChI=1S/C20H18N2O2/c1-22(14-20(23)24)17-10-7-15(8-11-17)6-9-16-12-13-21-19-5-3-2-4-18(16)19/h2-13H,14H2,1H3,(H,23,24)/b9-6+. The summed E-state index contributed by atoms with van der Waals surface area (Å²) in [7, 11) is 1.77. The lowest BCUT2D eigenvalue weighted by molar-refractivity contribution is -0.135. The molecule has 0 spiro atoms. The van der Waals surface area contributed by atoms with Gasteiger partial charge in [-0.3, -0.25) is 9.78 Å². The van der Waals surface area contributed by atoms with Crippen molar-refractivity contribution in [2.24, 2.45) is 0 Å². The highest BCUT2D eigenvalue weighted by Gasteiger charge is 2.04. The van der Waals surface area contributed by atoms with E-state index in [2.05, 4.69) is 17.1 Å². The van der Waals surface area contributed by atoms with Crippen LogP contribution in [0.25, 0.3) is 23.1 Å². The molecule has 120 valence electrons. The second-order valence-electron chi connectivity index (χ2n) is 5.59. The minimum absolute atomic E-state index is 0.0157. The maximum absolute atomic E-state index is 10.8. The summed E-state index contributed by atoms with van der Waals surface area (Å²) in [5, 5.41) is 9.96. The van der Waals surface area contributed by atoms with Crippen LogP contribution in [0, 0.1) is 0 Å². The van der Waals surface area contributed by atoms with Crippen LogP contribution < -0.4 is 4.90 Å². The van der Waals surface area contributed by atoms with Gasteiger partial charge in [-0.25, -0.2) is 0 Å². The SMILES string of the molecule is CN(CC(=O)O)c1ccc(/C=C/c2ccnc3ccccc23)cc1. The number of benzene rings is 2. The molecule has 0 amide bonds. The Kier molecular flexibility index (Phi) is 4.57. The molecule has 4 heteroatoms. The van der Waals surface area contributed by atoms with Crippen LogP contribution in [-0.4, -0.2) is 29.7 Å². The van der Waals surface area contributed by atoms with Crippen molar-refractivity contribution < 1.29 is 9.90 Å². The van der Waals surface area contributed by atoms with E-state index in [1.165, 1.54) is 0 Å². The molecule has 1 heterocycles. The Morgan fingerprint density at radius 3 is 2.58 bits per heavy atom. The van der Waals surface area contributed by atoms with Crippen molar-refractivity contribution in [1.82, 2.24) is 4.98 Å². The van der Waals surface area contributed by atoms with Crippen molar-refractivity contribution in [3.63, 3.8) is 0 Å². The summed E-state index contributed by atoms with van der Waals surface area (Å²) in [6.45, 7) is -0.0157. The lowest BCUT2D eigenvalue weighted by Gasteiger charge is -2.16. The number of hydrogen-bond donors (Lipinski definition) is 1. The Labute approximate surface area is 140 Å². The van der Waals surface area contributed by atoms with E-state index in [-0.39, 0.29) is 6.54 Å². The molecule has 0 radical (unpaired) electrons. The number of aromatic nitrogens is 1. The highest BCUT2D eigenvalue weighted by Crippen LogP contribution is 2.20. The van der Waals surface area contributed by atoms with Crippen LogP contribution in [0.5, 0.6) is 0 Å². The molecule has 3 rings (SSSR count). The number of fused-ring (bicyclic) bond motifs is 1. The van der Waals surface area contributed by atoms with Gasteiger partial charge in [0, 0.05) is 24.3 Å². The third-order valence-corrected chi connectivity index (χ3v) is 3.84. The van der Waals surface area contributed by atoms with Crippen molar-refractivity contribution in [2.45, 2.75) is 0 Å². The van der Waals surface area contributed by atoms with Gasteiger partial charge in [-0.05, 0) is 35.4 Å². The summed E-state index contributed by atoms with van der Waals surface area (Å²) in [5.41, 5.74) is 4.03. The molecule has 4 nitrogen and oxygen atoms in total. The highest BCUT2D eigenvalue weighted by molar-refractivity contribution is 5.90. The molecule has 24 heavy (non-hydrogen) atoms. The normalized spacial score (nSPS) is 11.0. The summed E-state index contributed by atoms with van der Waals surface area (Å²) in [4.78, 5) is 16.8. The average molecular weight is 318 g/mol. The number of carbonyl (C=O) groups is 1. The molecular weight excluding hydrogens is 300 g/mol. The summed E-state index contributed by atoms with van der Waals surface area (Å²) >= 11 is 0. The number of pyridine rings is 1. The predicted molar refractivity (Wildman–Crippen MR) is 98.0 cm³/mol. The fourth-order valence-corrected chi connectivity index (χ4v) is 2.58. The van der Waals surface area contributed by atoms with Crippen molar-refractivity contribution in [1.29, 1.82) is 0 Å². The Morgan fingerprint density at radius 1 is 1.08 bits per heavy atom. The Morgan fingerprint density at radius 2 is 1.83 bits per heavy atom. The molecule has 0 bridgehead atoms. The molecule has 0 atom stereocenters. The number of carboxylic acids is 1. The number of rotatable bonds is 5. The van der Waals surface area contributed by atoms with Crippen molar-refractivity contribution in [3.8, 4) is 0 Å². The third-order valence-electron chi connectivity index (χ3n) is 3.84. The fourth-order valence-electron chi connectivity index (χ4n) is 2.58. The summed E-state index contributed by atoms with van der Waals surface area (Å²) < 4.78 is 0. The first-order valence-electron chi connectivity index (χ1n) is 7.68. The van der Waals surface area contributed by atoms with E-state index in [4.69, 9.17) is 5.11 Å². The van der Waals surface area contributed by atoms with E-state index < -0.39 is 5.97 Å². The molecule has 2 aromatic carbocycles. The minimum atomic E-state index is -0.842. The maximum atomic E-state index is 10.8. The maximum Gasteiger partial charge on any atom is 0.323 e. The van der Waals surface area contributed by atoms with Gasteiger partial charge < -0.3 is 10.0 Å². The van der Waals surface area contributed by atoms with E-state index >= 15 is 0 Å². The van der Waals surface area contributed by atoms with Crippen molar-refractivity contribution in [3.05, 3.63) is 71.9 Å². The Hall–Kier alpha value is -3.14. The topological polar surface area (TPSA) is 53.4 Å². The van der Waals surface area contributed by atoms with E-state index in [1.807, 2.05) is 60.8 Å². The largest absolute Gasteiger partial charge is 0.480 e. The smallest absolute Gasteiger partial charge is 0.323 e. The van der Waals surface area contributed by atoms with Crippen LogP contribution in [-0.2, 0) is 4.79 Å². The predicted octanol–water partition coefficient (Wildman–Crippen LogP) is 3.93. The van der Waals surface area contributed by atoms with Gasteiger partial charge in [-0.1, -0.05) is 42.5 Å². The van der Waals surface area contributed by atoms with Gasteiger partial charge in [0.1, 0.15) is 6.54 Å². The molecule has 0 aliphatic carbocycles. The van der Waals surface area contributed by atoms with Gasteiger partial charge in [0.05, 0.1) is 5.52 Å². The number of carboxylic acid groups (broad SMARTS) is 1. The summed E-state index contributed by atoms with van der Waals surface area (Å²) in [6.07, 6.45) is 5.93. The van der Waals surface area contributed by atoms with Gasteiger partial charge in [0.25, 0.3) is 0 Å². The molecule has 1 N–H and O–H groups in total. The quantitative estimate of drug-likeness (QED) is 0.774. The number of aliphatic carboxylic acids is 1. The molecule has 0 aliphatic heterocycles. The lowest BCUT2D eigenvalue weighted by atomic mass is 10.1. The minimum Gasteiger partial charge on any atom is -0.480 e. The molecule has 0 unspecified atom stereocenters. The van der Waals surface area contributed by atoms with Crippen molar-refractivity contribution in [2.75, 3.05) is 18.5 Å². The average Bonchev–Trinajstić information content (AvgIpc) is 2.59. The number of anilines is 1. The molecule has 0 saturated carbocycles. The van der Waals surface area contributed by atoms with E-state index in [9.17, 15) is 4.79 Å². The van der Waals surface area contributed by atoms with E-state index in [1.54, 1.807) is 11.9 Å². The van der Waals surface area contributed by atoms with E-state index in [0.717, 1.165) is 27.7 Å². The van der Waals surface area contributed by atoms with Gasteiger partial charge in [0.2, 0.25) is 0 Å². The first-order valence-corrected chi connectivity index (χ1v) is 7.68. The number of likely N-dealkylation sites (N-methyl/N-ethyl adjacent to an activating group) is 1. The fraction of sp³-hybridized carbons (Fsp3) is 0.100. The molecule has 0 fully saturated rings. The van der Waals surface area contributed by atoms with Gasteiger partial charge in [-0.2, -0.15) is 0 Å². The second-order valence-corrected chi connectivity index (χ2v) is 5.59. The zero-order valence-corrected chi connectivity index (χ0v) is 13.4. The van der Waals surface area contributed by atoms with Crippen LogP contribution in [0.1, 0.15) is 11.1 Å².